The number of carbonyl (C=O) groups excluding carboxylic acids is 3. The molecule has 0 unspecified atom stereocenters. The molecule has 2 aliphatic rings. The molecule has 2 aliphatic heterocycles. The van der Waals surface area contributed by atoms with Crippen LogP contribution in [-0.2, 0) is 24.5 Å². The largest absolute Gasteiger partial charge is 0.457 e. The lowest BCUT2D eigenvalue weighted by Crippen LogP contribution is -2.30. The Bertz CT molecular complexity index is 1120. The van der Waals surface area contributed by atoms with Crippen LogP contribution in [-0.4, -0.2) is 31.3 Å². The van der Waals surface area contributed by atoms with Crippen molar-refractivity contribution in [3.8, 4) is 0 Å². The average Bonchev–Trinajstić information content (AvgIpc) is 2.92. The van der Waals surface area contributed by atoms with Gasteiger partial charge in [0.2, 0.25) is 5.91 Å². The number of amides is 1. The van der Waals surface area contributed by atoms with Crippen LogP contribution in [0.3, 0.4) is 0 Å². The first-order chi connectivity index (χ1) is 14.7. The van der Waals surface area contributed by atoms with E-state index in [1.54, 1.807) is 0 Å². The number of carbonyl (C=O) groups is 3. The molecule has 0 radical (unpaired) electrons. The van der Waals surface area contributed by atoms with Crippen molar-refractivity contribution < 1.29 is 23.5 Å². The molecule has 0 bridgehead atoms. The Kier molecular flexibility index (Phi) is 5.13. The van der Waals surface area contributed by atoms with Gasteiger partial charge in [-0.15, -0.1) is 0 Å². The van der Waals surface area contributed by atoms with Crippen molar-refractivity contribution in [2.45, 2.75) is 31.6 Å². The minimum absolute atomic E-state index is 0.113. The van der Waals surface area contributed by atoms with Gasteiger partial charge in [-0.1, -0.05) is 38.1 Å². The van der Waals surface area contributed by atoms with E-state index in [1.807, 2.05) is 50.1 Å². The van der Waals surface area contributed by atoms with Crippen LogP contribution in [0.2, 0.25) is 0 Å². The second-order valence-electron chi connectivity index (χ2n) is 8.34. The number of likely N-dealkylation sites (N-methyl/N-ethyl adjacent to an activating group) is 1. The molecule has 7 heteroatoms. The molecule has 0 fully saturated rings. The van der Waals surface area contributed by atoms with Crippen LogP contribution in [0.25, 0.3) is 0 Å². The molecular formula is C24H23FN2O4. The van der Waals surface area contributed by atoms with Crippen LogP contribution in [0.4, 0.5) is 15.8 Å². The molecule has 2 heterocycles. The first-order valence-electron chi connectivity index (χ1n) is 10.0. The summed E-state index contributed by atoms with van der Waals surface area (Å²) in [5.41, 5.74) is 3.32. The molecule has 31 heavy (non-hydrogen) atoms. The average molecular weight is 422 g/mol. The number of hydrogen-bond donors (Lipinski definition) is 1. The van der Waals surface area contributed by atoms with E-state index in [0.29, 0.717) is 5.56 Å². The number of nitrogens with zero attached hydrogens (tertiary/aromatic N) is 1. The lowest BCUT2D eigenvalue weighted by atomic mass is 9.83. The molecule has 0 saturated carbocycles. The van der Waals surface area contributed by atoms with Gasteiger partial charge in [-0.25, -0.2) is 4.39 Å². The number of fused-ring (bicyclic) bond motifs is 2. The zero-order valence-corrected chi connectivity index (χ0v) is 17.6. The first-order valence-corrected chi connectivity index (χ1v) is 10.0. The fourth-order valence-electron chi connectivity index (χ4n) is 4.34. The van der Waals surface area contributed by atoms with Crippen LogP contribution in [0.5, 0.6) is 0 Å². The van der Waals surface area contributed by atoms with Gasteiger partial charge in [-0.2, -0.15) is 0 Å². The molecule has 0 aliphatic carbocycles. The van der Waals surface area contributed by atoms with Crippen molar-refractivity contribution in [2.75, 3.05) is 23.9 Å². The monoisotopic (exact) mass is 422 g/mol. The minimum atomic E-state index is -0.875. The number of allylic oxidation sites excluding steroid dienone is 1. The van der Waals surface area contributed by atoms with Gasteiger partial charge in [-0.3, -0.25) is 14.4 Å². The van der Waals surface area contributed by atoms with E-state index in [-0.39, 0.29) is 23.3 Å². The predicted octanol–water partition coefficient (Wildman–Crippen LogP) is 3.68. The number of rotatable bonds is 4. The van der Waals surface area contributed by atoms with Gasteiger partial charge in [0.1, 0.15) is 5.82 Å². The topological polar surface area (TPSA) is 75.7 Å². The summed E-state index contributed by atoms with van der Waals surface area (Å²) in [7, 11) is 1.90. The molecule has 2 aromatic carbocycles. The molecule has 0 aromatic heterocycles. The Morgan fingerprint density at radius 1 is 1.26 bits per heavy atom. The highest BCUT2D eigenvalue weighted by Gasteiger charge is 2.38. The van der Waals surface area contributed by atoms with Gasteiger partial charge in [0.15, 0.2) is 12.4 Å². The van der Waals surface area contributed by atoms with E-state index in [9.17, 15) is 18.8 Å². The summed E-state index contributed by atoms with van der Waals surface area (Å²) in [5.74, 6) is -2.83. The number of ketones is 1. The molecule has 0 saturated heterocycles. The summed E-state index contributed by atoms with van der Waals surface area (Å²) in [4.78, 5) is 39.1. The van der Waals surface area contributed by atoms with Gasteiger partial charge in [0.25, 0.3) is 0 Å². The van der Waals surface area contributed by atoms with E-state index >= 15 is 0 Å². The Hall–Kier alpha value is -3.48. The number of benzene rings is 2. The van der Waals surface area contributed by atoms with Crippen molar-refractivity contribution in [3.63, 3.8) is 0 Å². The highest BCUT2D eigenvalue weighted by atomic mass is 19.1. The number of hydrogen-bond acceptors (Lipinski definition) is 5. The van der Waals surface area contributed by atoms with Crippen molar-refractivity contribution in [1.82, 2.24) is 0 Å². The van der Waals surface area contributed by atoms with E-state index in [0.717, 1.165) is 23.0 Å². The quantitative estimate of drug-likeness (QED) is 0.601. The van der Waals surface area contributed by atoms with E-state index < -0.39 is 30.2 Å². The lowest BCUT2D eigenvalue weighted by Gasteiger charge is -2.25. The fraction of sp³-hybridized carbons (Fsp3) is 0.292. The second kappa shape index (κ2) is 7.65. The zero-order valence-electron chi connectivity index (χ0n) is 17.6. The van der Waals surface area contributed by atoms with Crippen molar-refractivity contribution in [1.29, 1.82) is 0 Å². The van der Waals surface area contributed by atoms with Crippen LogP contribution >= 0.6 is 0 Å². The lowest BCUT2D eigenvalue weighted by molar-refractivity contribution is -0.149. The standard InChI is InChI=1S/C24H23FN2O4/c1-24(2)18-6-4-5-7-20(18)27(3)21(24)11-15(28)13-31-23(30)17-12-22(29)26-19-10-14(25)8-9-16(17)19/h4-11,17H,12-13H2,1-3H3,(H,26,29)/b21-11-/t17-/m0/s1. The van der Waals surface area contributed by atoms with Crippen molar-refractivity contribution in [3.05, 3.63) is 71.2 Å². The van der Waals surface area contributed by atoms with Gasteiger partial charge in [-0.05, 0) is 29.3 Å². The third-order valence-corrected chi connectivity index (χ3v) is 5.93. The molecular weight excluding hydrogens is 399 g/mol. The van der Waals surface area contributed by atoms with Crippen LogP contribution in [0, 0.1) is 5.82 Å². The number of halogens is 1. The number of anilines is 2. The van der Waals surface area contributed by atoms with Gasteiger partial charge >= 0.3 is 5.97 Å². The summed E-state index contributed by atoms with van der Waals surface area (Å²) in [5, 5.41) is 2.55. The smallest absolute Gasteiger partial charge is 0.314 e. The van der Waals surface area contributed by atoms with Crippen molar-refractivity contribution >= 4 is 29.0 Å². The molecule has 1 amide bonds. The van der Waals surface area contributed by atoms with Gasteiger partial charge in [0, 0.05) is 42.0 Å². The van der Waals surface area contributed by atoms with Crippen LogP contribution < -0.4 is 10.2 Å². The van der Waals surface area contributed by atoms with Crippen LogP contribution in [0.1, 0.15) is 37.3 Å². The molecule has 160 valence electrons. The predicted molar refractivity (Wildman–Crippen MR) is 114 cm³/mol. The molecule has 1 N–H and O–H groups in total. The van der Waals surface area contributed by atoms with Gasteiger partial charge < -0.3 is 15.0 Å². The van der Waals surface area contributed by atoms with Crippen LogP contribution in [0.15, 0.2) is 54.2 Å². The van der Waals surface area contributed by atoms with E-state index in [1.165, 1.54) is 18.2 Å². The maximum absolute atomic E-state index is 13.5. The highest BCUT2D eigenvalue weighted by molar-refractivity contribution is 6.01. The number of para-hydroxylation sites is 1. The third-order valence-electron chi connectivity index (χ3n) is 5.93. The van der Waals surface area contributed by atoms with Crippen molar-refractivity contribution in [2.24, 2.45) is 0 Å². The molecule has 0 spiro atoms. The highest BCUT2D eigenvalue weighted by Crippen LogP contribution is 2.46. The number of esters is 1. The Morgan fingerprint density at radius 2 is 2.00 bits per heavy atom. The summed E-state index contributed by atoms with van der Waals surface area (Å²) >= 11 is 0. The third kappa shape index (κ3) is 3.71. The number of ether oxygens (including phenoxy) is 1. The first kappa shape index (κ1) is 20.8. The number of nitrogens with one attached hydrogen (secondary N) is 1. The Balaban J connectivity index is 1.48. The summed E-state index contributed by atoms with van der Waals surface area (Å²) in [6.45, 7) is 3.64. The summed E-state index contributed by atoms with van der Waals surface area (Å²) < 4.78 is 18.7. The molecule has 6 nitrogen and oxygen atoms in total. The van der Waals surface area contributed by atoms with Gasteiger partial charge in [0.05, 0.1) is 5.92 Å². The van der Waals surface area contributed by atoms with E-state index in [4.69, 9.17) is 4.74 Å². The maximum Gasteiger partial charge on any atom is 0.314 e. The molecule has 1 atom stereocenters. The van der Waals surface area contributed by atoms with E-state index in [2.05, 4.69) is 5.32 Å². The summed E-state index contributed by atoms with van der Waals surface area (Å²) in [6.07, 6.45) is 1.39. The SMILES string of the molecule is CN1/C(=C\C(=O)COC(=O)[C@H]2CC(=O)Nc3cc(F)ccc32)C(C)(C)c2ccccc21. The minimum Gasteiger partial charge on any atom is -0.457 e. The summed E-state index contributed by atoms with van der Waals surface area (Å²) in [6, 6.07) is 11.8. The molecule has 4 rings (SSSR count). The second-order valence-corrected chi connectivity index (χ2v) is 8.34. The molecule has 2 aromatic rings. The fourth-order valence-corrected chi connectivity index (χ4v) is 4.34. The maximum atomic E-state index is 13.5. The Morgan fingerprint density at radius 3 is 2.74 bits per heavy atom. The Labute approximate surface area is 179 Å². The normalized spacial score (nSPS) is 20.1. The zero-order chi connectivity index (χ0) is 22.3.